The summed E-state index contributed by atoms with van der Waals surface area (Å²) in [7, 11) is 3.25. The highest BCUT2D eigenvalue weighted by Gasteiger charge is 2.22. The van der Waals surface area contributed by atoms with Crippen LogP contribution < -0.4 is 20.1 Å². The van der Waals surface area contributed by atoms with E-state index in [1.54, 1.807) is 14.2 Å². The Hall–Kier alpha value is -1.50. The summed E-state index contributed by atoms with van der Waals surface area (Å²) in [5.74, 6) is 1.52. The van der Waals surface area contributed by atoms with Gasteiger partial charge < -0.3 is 20.1 Å². The van der Waals surface area contributed by atoms with E-state index in [4.69, 9.17) is 9.47 Å². The Morgan fingerprint density at radius 2 is 2.17 bits per heavy atom. The van der Waals surface area contributed by atoms with E-state index >= 15 is 0 Å². The molecule has 7 heteroatoms. The van der Waals surface area contributed by atoms with E-state index in [1.807, 2.05) is 25.1 Å². The third kappa shape index (κ3) is 5.26. The number of benzene rings is 1. The van der Waals surface area contributed by atoms with E-state index in [9.17, 15) is 4.79 Å². The summed E-state index contributed by atoms with van der Waals surface area (Å²) in [6.07, 6.45) is 0. The predicted octanol–water partition coefficient (Wildman–Crippen LogP) is 1.60. The van der Waals surface area contributed by atoms with Crippen LogP contribution in [0, 0.1) is 0 Å². The minimum Gasteiger partial charge on any atom is -0.497 e. The second-order valence-electron chi connectivity index (χ2n) is 5.92. The predicted molar refractivity (Wildman–Crippen MR) is 97.3 cm³/mol. The highest BCUT2D eigenvalue weighted by molar-refractivity contribution is 5.85. The largest absolute Gasteiger partial charge is 0.497 e. The first-order chi connectivity index (χ1) is 11.0. The maximum Gasteiger partial charge on any atom is 0.234 e. The molecule has 1 aliphatic rings. The Morgan fingerprint density at radius 3 is 2.79 bits per heavy atom. The van der Waals surface area contributed by atoms with Gasteiger partial charge in [-0.3, -0.25) is 9.69 Å². The summed E-state index contributed by atoms with van der Waals surface area (Å²) in [5, 5.41) is 6.38. The van der Waals surface area contributed by atoms with Crippen molar-refractivity contribution < 1.29 is 14.3 Å². The van der Waals surface area contributed by atoms with Crippen molar-refractivity contribution in [3.8, 4) is 11.5 Å². The molecule has 1 fully saturated rings. The molecule has 2 atom stereocenters. The molecule has 0 aromatic heterocycles. The van der Waals surface area contributed by atoms with Crippen LogP contribution in [0.5, 0.6) is 11.5 Å². The van der Waals surface area contributed by atoms with E-state index in [2.05, 4.69) is 22.5 Å². The molecule has 0 aliphatic carbocycles. The molecule has 1 amide bonds. The number of ether oxygens (including phenoxy) is 2. The first kappa shape index (κ1) is 20.5. The smallest absolute Gasteiger partial charge is 0.234 e. The molecule has 2 N–H and O–H groups in total. The first-order valence-corrected chi connectivity index (χ1v) is 8.01. The number of carbonyl (C=O) groups excluding carboxylic acids is 1. The Kier molecular flexibility index (Phi) is 8.31. The first-order valence-electron chi connectivity index (χ1n) is 8.01. The van der Waals surface area contributed by atoms with Gasteiger partial charge in [0.15, 0.2) is 0 Å². The molecule has 2 rings (SSSR count). The lowest BCUT2D eigenvalue weighted by molar-refractivity contribution is -0.123. The number of amides is 1. The summed E-state index contributed by atoms with van der Waals surface area (Å²) in [6, 6.07) is 5.83. The minimum atomic E-state index is -0.147. The van der Waals surface area contributed by atoms with Crippen LogP contribution in [0.1, 0.15) is 25.5 Å². The van der Waals surface area contributed by atoms with Crippen LogP contribution in [0.25, 0.3) is 0 Å². The van der Waals surface area contributed by atoms with Gasteiger partial charge in [0.05, 0.1) is 26.8 Å². The van der Waals surface area contributed by atoms with Gasteiger partial charge in [-0.2, -0.15) is 0 Å². The molecule has 1 aromatic rings. The summed E-state index contributed by atoms with van der Waals surface area (Å²) >= 11 is 0. The normalized spacial score (nSPS) is 19.1. The van der Waals surface area contributed by atoms with Crippen molar-refractivity contribution in [1.82, 2.24) is 15.5 Å². The number of halogens is 1. The van der Waals surface area contributed by atoms with Gasteiger partial charge >= 0.3 is 0 Å². The summed E-state index contributed by atoms with van der Waals surface area (Å²) in [5.41, 5.74) is 0.911. The van der Waals surface area contributed by atoms with E-state index in [0.717, 1.165) is 36.7 Å². The number of nitrogens with zero attached hydrogens (tertiary/aromatic N) is 1. The number of nitrogens with one attached hydrogen (secondary N) is 2. The number of hydrogen-bond acceptors (Lipinski definition) is 5. The molecule has 1 saturated heterocycles. The maximum atomic E-state index is 12.3. The second-order valence-corrected chi connectivity index (χ2v) is 5.92. The molecule has 1 aliphatic heterocycles. The summed E-state index contributed by atoms with van der Waals surface area (Å²) < 4.78 is 10.7. The van der Waals surface area contributed by atoms with Crippen LogP contribution in [0.15, 0.2) is 18.2 Å². The van der Waals surface area contributed by atoms with Crippen LogP contribution in [0.3, 0.4) is 0 Å². The average Bonchev–Trinajstić information content (AvgIpc) is 2.56. The molecular weight excluding hydrogens is 330 g/mol. The van der Waals surface area contributed by atoms with Crippen LogP contribution in [-0.2, 0) is 4.79 Å². The molecule has 24 heavy (non-hydrogen) atoms. The van der Waals surface area contributed by atoms with Gasteiger partial charge in [-0.25, -0.2) is 0 Å². The Bertz CT molecular complexity index is 542. The number of carbonyl (C=O) groups is 1. The number of rotatable bonds is 6. The monoisotopic (exact) mass is 357 g/mol. The van der Waals surface area contributed by atoms with Crippen molar-refractivity contribution in [3.63, 3.8) is 0 Å². The van der Waals surface area contributed by atoms with Crippen molar-refractivity contribution in [2.75, 3.05) is 40.4 Å². The molecule has 1 aromatic carbocycles. The quantitative estimate of drug-likeness (QED) is 0.809. The van der Waals surface area contributed by atoms with Crippen molar-refractivity contribution in [2.45, 2.75) is 25.9 Å². The number of piperazine rings is 1. The highest BCUT2D eigenvalue weighted by Crippen LogP contribution is 2.29. The lowest BCUT2D eigenvalue weighted by Gasteiger charge is -2.33. The summed E-state index contributed by atoms with van der Waals surface area (Å²) in [6.45, 7) is 7.25. The van der Waals surface area contributed by atoms with E-state index < -0.39 is 0 Å². The van der Waals surface area contributed by atoms with Gasteiger partial charge in [-0.1, -0.05) is 0 Å². The van der Waals surface area contributed by atoms with Crippen molar-refractivity contribution in [2.24, 2.45) is 0 Å². The van der Waals surface area contributed by atoms with E-state index in [0.29, 0.717) is 12.6 Å². The fourth-order valence-electron chi connectivity index (χ4n) is 2.85. The topological polar surface area (TPSA) is 62.8 Å². The minimum absolute atomic E-state index is 0. The van der Waals surface area contributed by atoms with E-state index in [-0.39, 0.29) is 24.4 Å². The van der Waals surface area contributed by atoms with Gasteiger partial charge in [0.1, 0.15) is 11.5 Å². The molecular formula is C17H28ClN3O3. The lowest BCUT2D eigenvalue weighted by Crippen LogP contribution is -2.52. The SMILES string of the molecule is COc1ccc(OC)c(C(C)NC(=O)CN2CCNC[C@@H]2C)c1.Cl. The molecule has 1 heterocycles. The Labute approximate surface area is 150 Å². The molecule has 1 unspecified atom stereocenters. The number of methoxy groups -OCH3 is 2. The van der Waals surface area contributed by atoms with Crippen molar-refractivity contribution in [3.05, 3.63) is 23.8 Å². The zero-order chi connectivity index (χ0) is 16.8. The average molecular weight is 358 g/mol. The second kappa shape index (κ2) is 9.71. The van der Waals surface area contributed by atoms with Crippen LogP contribution in [-0.4, -0.2) is 57.2 Å². The molecule has 0 radical (unpaired) electrons. The Balaban J connectivity index is 0.00000288. The maximum absolute atomic E-state index is 12.3. The van der Waals surface area contributed by atoms with Crippen LogP contribution in [0.2, 0.25) is 0 Å². The van der Waals surface area contributed by atoms with Crippen molar-refractivity contribution >= 4 is 18.3 Å². The van der Waals surface area contributed by atoms with Crippen LogP contribution >= 0.6 is 12.4 Å². The fraction of sp³-hybridized carbons (Fsp3) is 0.588. The zero-order valence-electron chi connectivity index (χ0n) is 14.8. The third-order valence-electron chi connectivity index (χ3n) is 4.27. The van der Waals surface area contributed by atoms with E-state index in [1.165, 1.54) is 0 Å². The Morgan fingerprint density at radius 1 is 1.42 bits per heavy atom. The molecule has 136 valence electrons. The van der Waals surface area contributed by atoms with Crippen molar-refractivity contribution in [1.29, 1.82) is 0 Å². The fourth-order valence-corrected chi connectivity index (χ4v) is 2.85. The van der Waals surface area contributed by atoms with Gasteiger partial charge in [-0.05, 0) is 32.0 Å². The highest BCUT2D eigenvalue weighted by atomic mass is 35.5. The molecule has 0 bridgehead atoms. The third-order valence-corrected chi connectivity index (χ3v) is 4.27. The molecule has 0 saturated carbocycles. The van der Waals surface area contributed by atoms with Gasteiger partial charge in [-0.15, -0.1) is 12.4 Å². The van der Waals surface area contributed by atoms with Crippen LogP contribution in [0.4, 0.5) is 0 Å². The summed E-state index contributed by atoms with van der Waals surface area (Å²) in [4.78, 5) is 14.5. The van der Waals surface area contributed by atoms with Gasteiger partial charge in [0.2, 0.25) is 5.91 Å². The number of hydrogen-bond donors (Lipinski definition) is 2. The van der Waals surface area contributed by atoms with Gasteiger partial charge in [0.25, 0.3) is 0 Å². The molecule has 0 spiro atoms. The standard InChI is InChI=1S/C17H27N3O3.ClH/c1-12-10-18-7-8-20(12)11-17(21)19-13(2)15-9-14(22-3)5-6-16(15)23-4;/h5-6,9,12-13,18H,7-8,10-11H2,1-4H3,(H,19,21);1H/t12-,13?;/m0./s1. The lowest BCUT2D eigenvalue weighted by atomic mass is 10.1. The zero-order valence-corrected chi connectivity index (χ0v) is 15.6. The molecule has 6 nitrogen and oxygen atoms in total. The van der Waals surface area contributed by atoms with Gasteiger partial charge in [0, 0.05) is 31.2 Å².